The number of benzene rings is 1. The van der Waals surface area contributed by atoms with Crippen LogP contribution in [0.5, 0.6) is 5.88 Å². The third-order valence-corrected chi connectivity index (χ3v) is 6.17. The minimum Gasteiger partial charge on any atom is -0.481 e. The summed E-state index contributed by atoms with van der Waals surface area (Å²) in [7, 11) is 1.62. The second-order valence-electron chi connectivity index (χ2n) is 8.45. The van der Waals surface area contributed by atoms with E-state index < -0.39 is 0 Å². The van der Waals surface area contributed by atoms with Crippen LogP contribution in [-0.4, -0.2) is 74.7 Å². The molecule has 5 rings (SSSR count). The summed E-state index contributed by atoms with van der Waals surface area (Å²) in [6.45, 7) is 6.70. The molecule has 2 N–H and O–H groups in total. The van der Waals surface area contributed by atoms with Gasteiger partial charge in [0.15, 0.2) is 0 Å². The molecule has 35 heavy (non-hydrogen) atoms. The highest BCUT2D eigenvalue weighted by Gasteiger charge is 2.21. The van der Waals surface area contributed by atoms with Crippen LogP contribution in [0.25, 0.3) is 0 Å². The Morgan fingerprint density at radius 3 is 2.17 bits per heavy atom. The summed E-state index contributed by atoms with van der Waals surface area (Å²) in [6, 6.07) is 14.0. The maximum Gasteiger partial charge on any atom is 0.232 e. The molecule has 0 aliphatic carbocycles. The summed E-state index contributed by atoms with van der Waals surface area (Å²) < 4.78 is 16.5. The van der Waals surface area contributed by atoms with E-state index in [0.29, 0.717) is 50.6 Å². The van der Waals surface area contributed by atoms with Gasteiger partial charge in [-0.2, -0.15) is 4.98 Å². The Morgan fingerprint density at radius 2 is 1.57 bits per heavy atom. The lowest BCUT2D eigenvalue weighted by molar-refractivity contribution is 0.122. The normalized spacial score (nSPS) is 16.3. The Labute approximate surface area is 205 Å². The molecule has 0 atom stereocenters. The molecule has 2 aliphatic rings. The Balaban J connectivity index is 1.58. The largest absolute Gasteiger partial charge is 0.481 e. The monoisotopic (exact) mass is 477 g/mol. The van der Waals surface area contributed by atoms with E-state index in [1.165, 1.54) is 0 Å². The number of rotatable bonds is 7. The van der Waals surface area contributed by atoms with Gasteiger partial charge in [0, 0.05) is 55.5 Å². The minimum atomic E-state index is 0.413. The molecular weight excluding hydrogens is 446 g/mol. The van der Waals surface area contributed by atoms with E-state index in [2.05, 4.69) is 43.0 Å². The van der Waals surface area contributed by atoms with Gasteiger partial charge in [-0.1, -0.05) is 6.07 Å². The van der Waals surface area contributed by atoms with Crippen LogP contribution in [0.2, 0.25) is 0 Å². The van der Waals surface area contributed by atoms with Gasteiger partial charge in [-0.25, -0.2) is 9.97 Å². The Hall–Kier alpha value is -3.63. The molecule has 184 valence electrons. The van der Waals surface area contributed by atoms with Crippen LogP contribution in [0, 0.1) is 0 Å². The smallest absolute Gasteiger partial charge is 0.232 e. The third kappa shape index (κ3) is 5.55. The zero-order valence-corrected chi connectivity index (χ0v) is 20.0. The zero-order valence-electron chi connectivity index (χ0n) is 20.0. The fraction of sp³-hybridized carbons (Fsp3) is 0.400. The molecule has 2 saturated heterocycles. The van der Waals surface area contributed by atoms with Crippen molar-refractivity contribution in [3.63, 3.8) is 0 Å². The molecule has 0 saturated carbocycles. The maximum atomic E-state index is 6.05. The predicted molar refractivity (Wildman–Crippen MR) is 136 cm³/mol. The number of nitrogens with zero attached hydrogens (tertiary/aromatic N) is 6. The van der Waals surface area contributed by atoms with Crippen molar-refractivity contribution in [2.24, 2.45) is 0 Å². The number of methoxy groups -OCH3 is 1. The molecule has 0 unspecified atom stereocenters. The SMILES string of the molecule is COc1cccc(CN(c2cc(N3CCOCC3)cc(N3CCOCC3)c2)c2nccc(N)n2)n1. The van der Waals surface area contributed by atoms with Crippen molar-refractivity contribution in [2.75, 3.05) is 80.1 Å². The quantitative estimate of drug-likeness (QED) is 0.546. The van der Waals surface area contributed by atoms with E-state index >= 15 is 0 Å². The summed E-state index contributed by atoms with van der Waals surface area (Å²) >= 11 is 0. The lowest BCUT2D eigenvalue weighted by atomic mass is 10.1. The summed E-state index contributed by atoms with van der Waals surface area (Å²) in [5.41, 5.74) is 10.1. The van der Waals surface area contributed by atoms with Crippen LogP contribution in [0.15, 0.2) is 48.7 Å². The standard InChI is InChI=1S/C25H31N7O3/c1-33-24-4-2-3-19(28-24)18-32(25-27-6-5-23(26)29-25)22-16-20(30-7-11-34-12-8-30)15-21(17-22)31-9-13-35-14-10-31/h2-6,15-17H,7-14,18H2,1H3,(H2,26,27,29). The van der Waals surface area contributed by atoms with E-state index in [9.17, 15) is 0 Å². The number of nitrogen functional groups attached to an aromatic ring is 1. The highest BCUT2D eigenvalue weighted by molar-refractivity contribution is 5.73. The van der Waals surface area contributed by atoms with Crippen molar-refractivity contribution in [2.45, 2.75) is 6.54 Å². The van der Waals surface area contributed by atoms with Gasteiger partial charge in [0.1, 0.15) is 5.82 Å². The van der Waals surface area contributed by atoms with Crippen LogP contribution < -0.4 is 25.2 Å². The summed E-state index contributed by atoms with van der Waals surface area (Å²) in [6.07, 6.45) is 1.68. The van der Waals surface area contributed by atoms with Gasteiger partial charge in [-0.3, -0.25) is 0 Å². The maximum absolute atomic E-state index is 6.05. The van der Waals surface area contributed by atoms with Gasteiger partial charge < -0.3 is 34.6 Å². The first-order chi connectivity index (χ1) is 17.2. The van der Waals surface area contributed by atoms with Crippen LogP contribution in [-0.2, 0) is 16.0 Å². The lowest BCUT2D eigenvalue weighted by Crippen LogP contribution is -2.38. The fourth-order valence-corrected chi connectivity index (χ4v) is 4.33. The number of ether oxygens (including phenoxy) is 3. The molecule has 1 aromatic carbocycles. The first-order valence-electron chi connectivity index (χ1n) is 11.9. The summed E-state index contributed by atoms with van der Waals surface area (Å²) in [5.74, 6) is 1.49. The van der Waals surface area contributed by atoms with Crippen molar-refractivity contribution in [3.05, 3.63) is 54.4 Å². The number of hydrogen-bond donors (Lipinski definition) is 1. The lowest BCUT2D eigenvalue weighted by Gasteiger charge is -2.34. The fourth-order valence-electron chi connectivity index (χ4n) is 4.33. The topological polar surface area (TPSA) is 102 Å². The molecule has 4 heterocycles. The van der Waals surface area contributed by atoms with Crippen molar-refractivity contribution in [1.82, 2.24) is 15.0 Å². The van der Waals surface area contributed by atoms with Gasteiger partial charge in [0.2, 0.25) is 11.8 Å². The molecule has 10 nitrogen and oxygen atoms in total. The molecular formula is C25H31N7O3. The number of hydrogen-bond acceptors (Lipinski definition) is 10. The van der Waals surface area contributed by atoms with E-state index in [1.54, 1.807) is 19.4 Å². The summed E-state index contributed by atoms with van der Waals surface area (Å²) in [5, 5.41) is 0. The number of morpholine rings is 2. The molecule has 0 bridgehead atoms. The van der Waals surface area contributed by atoms with Gasteiger partial charge in [0.25, 0.3) is 0 Å². The van der Waals surface area contributed by atoms with Crippen molar-refractivity contribution < 1.29 is 14.2 Å². The average molecular weight is 478 g/mol. The molecule has 0 spiro atoms. The third-order valence-electron chi connectivity index (χ3n) is 6.17. The number of aromatic nitrogens is 3. The van der Waals surface area contributed by atoms with Crippen LogP contribution in [0.1, 0.15) is 5.69 Å². The van der Waals surface area contributed by atoms with E-state index in [-0.39, 0.29) is 0 Å². The average Bonchev–Trinajstić information content (AvgIpc) is 2.92. The molecule has 0 amide bonds. The van der Waals surface area contributed by atoms with Crippen LogP contribution in [0.4, 0.5) is 28.8 Å². The molecule has 10 heteroatoms. The Kier molecular flexibility index (Phi) is 7.10. The van der Waals surface area contributed by atoms with Gasteiger partial charge in [-0.15, -0.1) is 0 Å². The molecule has 3 aromatic rings. The zero-order chi connectivity index (χ0) is 24.0. The molecule has 2 aliphatic heterocycles. The van der Waals surface area contributed by atoms with Crippen LogP contribution >= 0.6 is 0 Å². The molecule has 0 radical (unpaired) electrons. The van der Waals surface area contributed by atoms with Crippen molar-refractivity contribution >= 4 is 28.8 Å². The number of anilines is 5. The van der Waals surface area contributed by atoms with E-state index in [0.717, 1.165) is 48.9 Å². The highest BCUT2D eigenvalue weighted by Crippen LogP contribution is 2.34. The van der Waals surface area contributed by atoms with Gasteiger partial charge >= 0.3 is 0 Å². The highest BCUT2D eigenvalue weighted by atomic mass is 16.5. The second-order valence-corrected chi connectivity index (χ2v) is 8.45. The van der Waals surface area contributed by atoms with Gasteiger partial charge in [0.05, 0.1) is 45.8 Å². The Bertz CT molecular complexity index is 1100. The van der Waals surface area contributed by atoms with Crippen molar-refractivity contribution in [3.8, 4) is 5.88 Å². The molecule has 2 aromatic heterocycles. The summed E-state index contributed by atoms with van der Waals surface area (Å²) in [4.78, 5) is 20.5. The Morgan fingerprint density at radius 1 is 0.914 bits per heavy atom. The van der Waals surface area contributed by atoms with Crippen molar-refractivity contribution in [1.29, 1.82) is 0 Å². The van der Waals surface area contributed by atoms with E-state index in [4.69, 9.17) is 19.9 Å². The minimum absolute atomic E-state index is 0.413. The van der Waals surface area contributed by atoms with Crippen LogP contribution in [0.3, 0.4) is 0 Å². The second kappa shape index (κ2) is 10.7. The predicted octanol–water partition coefficient (Wildman–Crippen LogP) is 2.47. The van der Waals surface area contributed by atoms with E-state index in [1.807, 2.05) is 23.1 Å². The van der Waals surface area contributed by atoms with Gasteiger partial charge in [-0.05, 0) is 30.3 Å². The first kappa shape index (κ1) is 23.1. The molecule has 2 fully saturated rings. The number of nitrogens with two attached hydrogens (primary N) is 1. The number of pyridine rings is 1. The first-order valence-corrected chi connectivity index (χ1v) is 11.9.